The van der Waals surface area contributed by atoms with E-state index in [1.807, 2.05) is 49.4 Å². The van der Waals surface area contributed by atoms with Crippen molar-refractivity contribution >= 4 is 23.0 Å². The molecule has 0 bridgehead atoms. The first kappa shape index (κ1) is 18.8. The molecule has 1 aliphatic rings. The lowest BCUT2D eigenvalue weighted by Crippen LogP contribution is -2.16. The average molecular weight is 389 g/mol. The lowest BCUT2D eigenvalue weighted by Gasteiger charge is -2.19. The number of nitrogens with zero attached hydrogens (tertiary/aromatic N) is 1. The first-order chi connectivity index (χ1) is 14.1. The van der Waals surface area contributed by atoms with Crippen molar-refractivity contribution in [2.24, 2.45) is 0 Å². The van der Waals surface area contributed by atoms with Gasteiger partial charge in [0.1, 0.15) is 18.9 Å². The lowest BCUT2D eigenvalue weighted by atomic mass is 10.1. The van der Waals surface area contributed by atoms with E-state index in [2.05, 4.69) is 22.5 Å². The maximum absolute atomic E-state index is 12.8. The molecule has 0 radical (unpaired) electrons. The number of nitrogens with one attached hydrogen (secondary N) is 2. The molecule has 6 heteroatoms. The molecule has 29 heavy (non-hydrogen) atoms. The molecular weight excluding hydrogens is 366 g/mol. The van der Waals surface area contributed by atoms with E-state index in [0.717, 1.165) is 40.4 Å². The molecule has 1 aromatic heterocycles. The van der Waals surface area contributed by atoms with Crippen LogP contribution in [0.4, 0.5) is 17.1 Å². The number of anilines is 3. The maximum Gasteiger partial charge on any atom is 0.274 e. The van der Waals surface area contributed by atoms with Gasteiger partial charge < -0.3 is 20.1 Å². The van der Waals surface area contributed by atoms with Crippen LogP contribution in [-0.4, -0.2) is 24.1 Å². The zero-order valence-corrected chi connectivity index (χ0v) is 16.5. The van der Waals surface area contributed by atoms with Crippen molar-refractivity contribution in [3.05, 3.63) is 71.5 Å². The maximum atomic E-state index is 12.8. The Kier molecular flexibility index (Phi) is 5.33. The summed E-state index contributed by atoms with van der Waals surface area (Å²) in [7, 11) is 0. The first-order valence-electron chi connectivity index (χ1n) is 9.66. The fraction of sp³-hybridized carbons (Fsp3) is 0.217. The van der Waals surface area contributed by atoms with Gasteiger partial charge >= 0.3 is 0 Å². The predicted octanol–water partition coefficient (Wildman–Crippen LogP) is 4.72. The second-order valence-electron chi connectivity index (χ2n) is 6.83. The number of hydrogen-bond donors (Lipinski definition) is 2. The fourth-order valence-corrected chi connectivity index (χ4v) is 3.30. The zero-order chi connectivity index (χ0) is 20.2. The molecule has 0 atom stereocenters. The summed E-state index contributed by atoms with van der Waals surface area (Å²) in [6.07, 6.45) is 2.46. The van der Waals surface area contributed by atoms with Crippen molar-refractivity contribution in [1.29, 1.82) is 0 Å². The molecule has 4 rings (SSSR count). The van der Waals surface area contributed by atoms with Crippen molar-refractivity contribution in [3.8, 4) is 11.5 Å². The number of amides is 1. The largest absolute Gasteiger partial charge is 0.486 e. The third kappa shape index (κ3) is 4.16. The van der Waals surface area contributed by atoms with Gasteiger partial charge in [0.15, 0.2) is 11.5 Å². The molecule has 2 heterocycles. The van der Waals surface area contributed by atoms with E-state index < -0.39 is 0 Å². The number of benzene rings is 2. The molecule has 0 unspecified atom stereocenters. The molecule has 0 aliphatic carbocycles. The quantitative estimate of drug-likeness (QED) is 0.661. The molecule has 3 aromatic rings. The van der Waals surface area contributed by atoms with Crippen LogP contribution in [0.1, 0.15) is 28.5 Å². The number of carbonyl (C=O) groups is 1. The molecule has 1 amide bonds. The molecule has 1 aliphatic heterocycles. The van der Waals surface area contributed by atoms with Gasteiger partial charge in [0.05, 0.1) is 0 Å². The number of ether oxygens (including phenoxy) is 2. The smallest absolute Gasteiger partial charge is 0.274 e. The van der Waals surface area contributed by atoms with Crippen LogP contribution in [0.3, 0.4) is 0 Å². The number of fused-ring (bicyclic) bond motifs is 1. The molecular formula is C23H23N3O3. The monoisotopic (exact) mass is 389 g/mol. The summed E-state index contributed by atoms with van der Waals surface area (Å²) in [5.41, 5.74) is 4.94. The molecule has 2 aromatic carbocycles. The standard InChI is InChI=1S/C23H23N3O3/c1-3-16-6-4-5-15(2)22(16)26-23(27)19-13-18(9-10-24-19)25-17-7-8-20-21(14-17)29-12-11-28-20/h4-10,13-14H,3,11-12H2,1-2H3,(H,24,25)(H,26,27). The van der Waals surface area contributed by atoms with E-state index in [1.54, 1.807) is 12.3 Å². The zero-order valence-electron chi connectivity index (χ0n) is 16.5. The summed E-state index contributed by atoms with van der Waals surface area (Å²) in [6.45, 7) is 5.15. The minimum absolute atomic E-state index is 0.236. The van der Waals surface area contributed by atoms with Gasteiger partial charge in [-0.15, -0.1) is 0 Å². The minimum atomic E-state index is -0.236. The SMILES string of the molecule is CCc1cccc(C)c1NC(=O)c1cc(Nc2ccc3c(c2)OCCO3)ccn1. The van der Waals surface area contributed by atoms with Crippen LogP contribution in [0.5, 0.6) is 11.5 Å². The van der Waals surface area contributed by atoms with E-state index in [4.69, 9.17) is 9.47 Å². The molecule has 0 saturated heterocycles. The van der Waals surface area contributed by atoms with E-state index in [-0.39, 0.29) is 5.91 Å². The van der Waals surface area contributed by atoms with Gasteiger partial charge in [-0.1, -0.05) is 25.1 Å². The van der Waals surface area contributed by atoms with Crippen molar-refractivity contribution in [3.63, 3.8) is 0 Å². The summed E-state index contributed by atoms with van der Waals surface area (Å²) in [6, 6.07) is 15.2. The van der Waals surface area contributed by atoms with Crippen molar-refractivity contribution < 1.29 is 14.3 Å². The minimum Gasteiger partial charge on any atom is -0.486 e. The predicted molar refractivity (Wildman–Crippen MR) is 113 cm³/mol. The van der Waals surface area contributed by atoms with Crippen LogP contribution in [0.25, 0.3) is 0 Å². The van der Waals surface area contributed by atoms with Gasteiger partial charge in [-0.05, 0) is 48.7 Å². The van der Waals surface area contributed by atoms with Crippen molar-refractivity contribution in [2.75, 3.05) is 23.8 Å². The van der Waals surface area contributed by atoms with E-state index >= 15 is 0 Å². The number of carbonyl (C=O) groups excluding carboxylic acids is 1. The Hall–Kier alpha value is -3.54. The van der Waals surface area contributed by atoms with Crippen LogP contribution in [-0.2, 0) is 6.42 Å². The Bertz CT molecular complexity index is 1050. The Morgan fingerprint density at radius 3 is 2.66 bits per heavy atom. The Labute approximate surface area is 169 Å². The van der Waals surface area contributed by atoms with Crippen LogP contribution >= 0.6 is 0 Å². The summed E-state index contributed by atoms with van der Waals surface area (Å²) < 4.78 is 11.2. The van der Waals surface area contributed by atoms with Gasteiger partial charge in [-0.3, -0.25) is 9.78 Å². The summed E-state index contributed by atoms with van der Waals surface area (Å²) in [5.74, 6) is 1.21. The Morgan fingerprint density at radius 2 is 1.83 bits per heavy atom. The van der Waals surface area contributed by atoms with Gasteiger partial charge in [0.2, 0.25) is 0 Å². The van der Waals surface area contributed by atoms with Crippen LogP contribution < -0.4 is 20.1 Å². The second-order valence-corrected chi connectivity index (χ2v) is 6.83. The van der Waals surface area contributed by atoms with Crippen LogP contribution in [0.15, 0.2) is 54.7 Å². The van der Waals surface area contributed by atoms with E-state index in [1.165, 1.54) is 0 Å². The van der Waals surface area contributed by atoms with Gasteiger partial charge in [-0.2, -0.15) is 0 Å². The third-order valence-electron chi connectivity index (χ3n) is 4.80. The Morgan fingerprint density at radius 1 is 1.03 bits per heavy atom. The van der Waals surface area contributed by atoms with Crippen LogP contribution in [0.2, 0.25) is 0 Å². The lowest BCUT2D eigenvalue weighted by molar-refractivity contribution is 0.102. The highest BCUT2D eigenvalue weighted by atomic mass is 16.6. The van der Waals surface area contributed by atoms with E-state index in [0.29, 0.717) is 24.7 Å². The Balaban J connectivity index is 1.52. The number of para-hydroxylation sites is 1. The molecule has 0 saturated carbocycles. The summed E-state index contributed by atoms with van der Waals surface area (Å²) in [4.78, 5) is 17.0. The van der Waals surface area contributed by atoms with Gasteiger partial charge in [0, 0.05) is 29.3 Å². The number of aromatic nitrogens is 1. The molecule has 0 fully saturated rings. The van der Waals surface area contributed by atoms with Crippen LogP contribution in [0, 0.1) is 6.92 Å². The number of hydrogen-bond acceptors (Lipinski definition) is 5. The number of rotatable bonds is 5. The topological polar surface area (TPSA) is 72.5 Å². The molecule has 0 spiro atoms. The van der Waals surface area contributed by atoms with Crippen molar-refractivity contribution in [2.45, 2.75) is 20.3 Å². The van der Waals surface area contributed by atoms with Crippen molar-refractivity contribution in [1.82, 2.24) is 4.98 Å². The first-order valence-corrected chi connectivity index (χ1v) is 9.66. The third-order valence-corrected chi connectivity index (χ3v) is 4.80. The highest BCUT2D eigenvalue weighted by Crippen LogP contribution is 2.33. The fourth-order valence-electron chi connectivity index (χ4n) is 3.30. The summed E-state index contributed by atoms with van der Waals surface area (Å²) >= 11 is 0. The highest BCUT2D eigenvalue weighted by Gasteiger charge is 2.14. The van der Waals surface area contributed by atoms with Gasteiger partial charge in [0.25, 0.3) is 5.91 Å². The normalized spacial score (nSPS) is 12.3. The molecule has 6 nitrogen and oxygen atoms in total. The molecule has 148 valence electrons. The van der Waals surface area contributed by atoms with Gasteiger partial charge in [-0.25, -0.2) is 0 Å². The van der Waals surface area contributed by atoms with E-state index in [9.17, 15) is 4.79 Å². The highest BCUT2D eigenvalue weighted by molar-refractivity contribution is 6.04. The second kappa shape index (κ2) is 8.22. The molecule has 2 N–H and O–H groups in total. The summed E-state index contributed by atoms with van der Waals surface area (Å²) in [5, 5.41) is 6.30. The number of aryl methyl sites for hydroxylation is 2. The average Bonchev–Trinajstić information content (AvgIpc) is 2.75. The number of pyridine rings is 1.